The zero-order valence-electron chi connectivity index (χ0n) is 13.7. The van der Waals surface area contributed by atoms with Gasteiger partial charge in [-0.15, -0.1) is 0 Å². The van der Waals surface area contributed by atoms with Gasteiger partial charge in [-0.1, -0.05) is 36.1 Å². The maximum Gasteiger partial charge on any atom is 0.244 e. The van der Waals surface area contributed by atoms with Crippen LogP contribution in [0.5, 0.6) is 11.5 Å². The second-order valence-corrected chi connectivity index (χ2v) is 4.83. The largest absolute Gasteiger partial charge is 0.493 e. The van der Waals surface area contributed by atoms with Gasteiger partial charge in [0.15, 0.2) is 11.5 Å². The molecule has 0 unspecified atom stereocenters. The van der Waals surface area contributed by atoms with Crippen molar-refractivity contribution < 1.29 is 14.3 Å². The predicted octanol–water partition coefficient (Wildman–Crippen LogP) is 2.88. The Bertz CT molecular complexity index is 770. The number of hydrogen-bond acceptors (Lipinski definition) is 3. The molecule has 0 aromatic heterocycles. The monoisotopic (exact) mass is 321 g/mol. The van der Waals surface area contributed by atoms with Gasteiger partial charge in [0.05, 0.1) is 20.8 Å². The van der Waals surface area contributed by atoms with Crippen LogP contribution in [-0.4, -0.2) is 26.7 Å². The van der Waals surface area contributed by atoms with E-state index in [0.717, 1.165) is 11.1 Å². The highest BCUT2D eigenvalue weighted by molar-refractivity contribution is 5.91. The van der Waals surface area contributed by atoms with Gasteiger partial charge in [-0.2, -0.15) is 0 Å². The molecule has 2 aromatic carbocycles. The smallest absolute Gasteiger partial charge is 0.244 e. The van der Waals surface area contributed by atoms with Crippen LogP contribution in [0.25, 0.3) is 6.08 Å². The van der Waals surface area contributed by atoms with Gasteiger partial charge in [-0.05, 0) is 35.9 Å². The summed E-state index contributed by atoms with van der Waals surface area (Å²) in [6, 6.07) is 15.1. The third-order valence-corrected chi connectivity index (χ3v) is 3.19. The summed E-state index contributed by atoms with van der Waals surface area (Å²) in [6.07, 6.45) is 3.17. The molecule has 0 aliphatic carbocycles. The fourth-order valence-electron chi connectivity index (χ4n) is 1.99. The van der Waals surface area contributed by atoms with E-state index in [9.17, 15) is 4.79 Å². The molecule has 1 N–H and O–H groups in total. The minimum Gasteiger partial charge on any atom is -0.493 e. The Morgan fingerprint density at radius 3 is 2.54 bits per heavy atom. The van der Waals surface area contributed by atoms with Gasteiger partial charge in [0.1, 0.15) is 0 Å². The minimum atomic E-state index is -0.202. The van der Waals surface area contributed by atoms with Crippen LogP contribution < -0.4 is 14.8 Å². The van der Waals surface area contributed by atoms with Crippen LogP contribution in [0.2, 0.25) is 0 Å². The molecule has 2 rings (SSSR count). The van der Waals surface area contributed by atoms with Crippen LogP contribution in [0.15, 0.2) is 54.6 Å². The minimum absolute atomic E-state index is 0.202. The van der Waals surface area contributed by atoms with E-state index in [4.69, 9.17) is 9.47 Å². The molecule has 0 aliphatic heterocycles. The molecule has 4 nitrogen and oxygen atoms in total. The zero-order valence-corrected chi connectivity index (χ0v) is 13.7. The molecule has 24 heavy (non-hydrogen) atoms. The van der Waals surface area contributed by atoms with E-state index in [1.165, 1.54) is 6.08 Å². The van der Waals surface area contributed by atoms with Crippen LogP contribution in [-0.2, 0) is 4.79 Å². The number of nitrogens with one attached hydrogen (secondary N) is 1. The number of benzene rings is 2. The summed E-state index contributed by atoms with van der Waals surface area (Å²) in [6.45, 7) is 0.296. The van der Waals surface area contributed by atoms with Gasteiger partial charge in [-0.3, -0.25) is 4.79 Å². The number of carbonyl (C=O) groups excluding carboxylic acids is 1. The van der Waals surface area contributed by atoms with E-state index in [0.29, 0.717) is 18.0 Å². The normalized spacial score (nSPS) is 9.92. The number of amides is 1. The zero-order chi connectivity index (χ0) is 17.2. The van der Waals surface area contributed by atoms with Gasteiger partial charge in [0.25, 0.3) is 0 Å². The van der Waals surface area contributed by atoms with Gasteiger partial charge in [0.2, 0.25) is 5.91 Å². The van der Waals surface area contributed by atoms with Crippen molar-refractivity contribution in [3.05, 3.63) is 65.7 Å². The second-order valence-electron chi connectivity index (χ2n) is 4.83. The first-order valence-electron chi connectivity index (χ1n) is 7.45. The van der Waals surface area contributed by atoms with Crippen molar-refractivity contribution in [3.8, 4) is 23.3 Å². The first-order chi connectivity index (χ1) is 11.7. The van der Waals surface area contributed by atoms with Crippen molar-refractivity contribution in [1.82, 2.24) is 5.32 Å². The van der Waals surface area contributed by atoms with Crippen LogP contribution in [0.3, 0.4) is 0 Å². The summed E-state index contributed by atoms with van der Waals surface area (Å²) in [5.74, 6) is 6.96. The Hall–Kier alpha value is -3.19. The molecule has 1 amide bonds. The summed E-state index contributed by atoms with van der Waals surface area (Å²) in [4.78, 5) is 11.8. The van der Waals surface area contributed by atoms with Gasteiger partial charge < -0.3 is 14.8 Å². The number of ether oxygens (including phenoxy) is 2. The number of rotatable bonds is 5. The van der Waals surface area contributed by atoms with Gasteiger partial charge in [-0.25, -0.2) is 0 Å². The Balaban J connectivity index is 1.88. The van der Waals surface area contributed by atoms with Gasteiger partial charge in [0, 0.05) is 11.6 Å². The standard InChI is InChI=1S/C20H19NO3/c1-23-18-12-10-17(15-19(18)24-2)11-13-20(22)21-14-6-9-16-7-4-3-5-8-16/h3-5,7-8,10-13,15H,14H2,1-2H3,(H,21,22)/b13-11+. The lowest BCUT2D eigenvalue weighted by Gasteiger charge is -2.07. The summed E-state index contributed by atoms with van der Waals surface area (Å²) in [5, 5.41) is 2.72. The van der Waals surface area contributed by atoms with Crippen molar-refractivity contribution in [3.63, 3.8) is 0 Å². The molecule has 0 fully saturated rings. The summed E-state index contributed by atoms with van der Waals surface area (Å²) in [5.41, 5.74) is 1.77. The molecular formula is C20H19NO3. The molecule has 0 atom stereocenters. The Morgan fingerprint density at radius 2 is 1.83 bits per heavy atom. The number of carbonyl (C=O) groups is 1. The van der Waals surface area contributed by atoms with Crippen molar-refractivity contribution in [2.45, 2.75) is 0 Å². The Kier molecular flexibility index (Phi) is 6.48. The molecule has 122 valence electrons. The topological polar surface area (TPSA) is 47.6 Å². The SMILES string of the molecule is COc1ccc(/C=C/C(=O)NCC#Cc2ccccc2)cc1OC. The van der Waals surface area contributed by atoms with Crippen molar-refractivity contribution in [2.75, 3.05) is 20.8 Å². The summed E-state index contributed by atoms with van der Waals surface area (Å²) >= 11 is 0. The Labute approximate surface area is 142 Å². The highest BCUT2D eigenvalue weighted by Gasteiger charge is 2.02. The van der Waals surface area contributed by atoms with E-state index in [1.54, 1.807) is 32.4 Å². The Morgan fingerprint density at radius 1 is 1.08 bits per heavy atom. The molecule has 0 saturated carbocycles. The average molecular weight is 321 g/mol. The van der Waals surface area contributed by atoms with E-state index < -0.39 is 0 Å². The first-order valence-corrected chi connectivity index (χ1v) is 7.45. The lowest BCUT2D eigenvalue weighted by Crippen LogP contribution is -2.20. The van der Waals surface area contributed by atoms with E-state index in [2.05, 4.69) is 17.2 Å². The maximum absolute atomic E-state index is 11.8. The molecule has 0 spiro atoms. The molecule has 0 heterocycles. The first kappa shape index (κ1) is 17.2. The number of methoxy groups -OCH3 is 2. The summed E-state index contributed by atoms with van der Waals surface area (Å²) < 4.78 is 10.4. The summed E-state index contributed by atoms with van der Waals surface area (Å²) in [7, 11) is 3.15. The van der Waals surface area contributed by atoms with E-state index >= 15 is 0 Å². The average Bonchev–Trinajstić information content (AvgIpc) is 2.64. The molecule has 4 heteroatoms. The van der Waals surface area contributed by atoms with Crippen molar-refractivity contribution in [2.24, 2.45) is 0 Å². The lowest BCUT2D eigenvalue weighted by molar-refractivity contribution is -0.116. The van der Waals surface area contributed by atoms with Gasteiger partial charge >= 0.3 is 0 Å². The highest BCUT2D eigenvalue weighted by Crippen LogP contribution is 2.27. The molecule has 0 bridgehead atoms. The van der Waals surface area contributed by atoms with Crippen molar-refractivity contribution in [1.29, 1.82) is 0 Å². The fourth-order valence-corrected chi connectivity index (χ4v) is 1.99. The molecule has 0 aliphatic rings. The second kappa shape index (κ2) is 9.06. The molecule has 2 aromatic rings. The lowest BCUT2D eigenvalue weighted by atomic mass is 10.2. The quantitative estimate of drug-likeness (QED) is 0.680. The fraction of sp³-hybridized carbons (Fsp3) is 0.150. The number of hydrogen-bond donors (Lipinski definition) is 1. The molecule has 0 radical (unpaired) electrons. The van der Waals surface area contributed by atoms with Crippen molar-refractivity contribution >= 4 is 12.0 Å². The van der Waals surface area contributed by atoms with Crippen LogP contribution in [0.1, 0.15) is 11.1 Å². The van der Waals surface area contributed by atoms with Crippen LogP contribution in [0, 0.1) is 11.8 Å². The highest BCUT2D eigenvalue weighted by atomic mass is 16.5. The molecule has 0 saturated heterocycles. The molecular weight excluding hydrogens is 302 g/mol. The predicted molar refractivity (Wildman–Crippen MR) is 94.9 cm³/mol. The third-order valence-electron chi connectivity index (χ3n) is 3.19. The van der Waals surface area contributed by atoms with E-state index in [-0.39, 0.29) is 5.91 Å². The van der Waals surface area contributed by atoms with Crippen LogP contribution >= 0.6 is 0 Å². The maximum atomic E-state index is 11.8. The van der Waals surface area contributed by atoms with Crippen LogP contribution in [0.4, 0.5) is 0 Å². The van der Waals surface area contributed by atoms with E-state index in [1.807, 2.05) is 36.4 Å². The third kappa shape index (κ3) is 5.22.